The van der Waals surface area contributed by atoms with Gasteiger partial charge in [0.25, 0.3) is 0 Å². The van der Waals surface area contributed by atoms with Gasteiger partial charge in [-0.3, -0.25) is 0 Å². The Morgan fingerprint density at radius 1 is 1.30 bits per heavy atom. The van der Waals surface area contributed by atoms with Gasteiger partial charge in [0.2, 0.25) is 0 Å². The van der Waals surface area contributed by atoms with Crippen LogP contribution in [-0.2, 0) is 0 Å². The summed E-state index contributed by atoms with van der Waals surface area (Å²) < 4.78 is 5.39. The molecule has 3 unspecified atom stereocenters. The van der Waals surface area contributed by atoms with E-state index in [1.807, 2.05) is 6.07 Å². The number of hydrogen-bond acceptors (Lipinski definition) is 2. The minimum atomic E-state index is 0.488. The molecule has 0 heterocycles. The van der Waals surface area contributed by atoms with Crippen molar-refractivity contribution in [2.24, 2.45) is 11.8 Å². The first-order chi connectivity index (χ1) is 9.78. The molecule has 3 atom stereocenters. The average molecular weight is 275 g/mol. The van der Waals surface area contributed by atoms with Crippen molar-refractivity contribution < 1.29 is 4.74 Å². The fourth-order valence-corrected chi connectivity index (χ4v) is 3.48. The molecule has 1 saturated carbocycles. The molecule has 0 aliphatic heterocycles. The van der Waals surface area contributed by atoms with Gasteiger partial charge in [0, 0.05) is 6.04 Å². The number of methoxy groups -OCH3 is 1. The molecule has 1 aromatic rings. The van der Waals surface area contributed by atoms with E-state index in [1.54, 1.807) is 7.11 Å². The summed E-state index contributed by atoms with van der Waals surface area (Å²) in [4.78, 5) is 0. The normalized spacial score (nSPS) is 23.8. The molecule has 0 amide bonds. The van der Waals surface area contributed by atoms with Crippen molar-refractivity contribution in [2.45, 2.75) is 52.0 Å². The average Bonchev–Trinajstić information content (AvgIpc) is 2.97. The van der Waals surface area contributed by atoms with E-state index in [2.05, 4.69) is 37.4 Å². The molecule has 1 fully saturated rings. The lowest BCUT2D eigenvalue weighted by atomic mass is 9.90. The second-order valence-corrected chi connectivity index (χ2v) is 6.06. The minimum Gasteiger partial charge on any atom is -0.497 e. The van der Waals surface area contributed by atoms with Crippen LogP contribution in [-0.4, -0.2) is 13.7 Å². The summed E-state index contributed by atoms with van der Waals surface area (Å²) in [6.45, 7) is 5.65. The Balaban J connectivity index is 2.13. The molecule has 0 saturated heterocycles. The predicted molar refractivity (Wildman–Crippen MR) is 85.2 cm³/mol. The van der Waals surface area contributed by atoms with Crippen LogP contribution < -0.4 is 10.1 Å². The van der Waals surface area contributed by atoms with Crippen molar-refractivity contribution in [3.8, 4) is 5.75 Å². The van der Waals surface area contributed by atoms with E-state index in [4.69, 9.17) is 4.74 Å². The standard InChI is InChI=1S/C18H29NO/c1-4-11-19-18(16-10-9-14(5-2)12-16)15-7-6-8-17(13-15)20-3/h6-8,13-14,16,18-19H,4-5,9-12H2,1-3H3. The van der Waals surface area contributed by atoms with Gasteiger partial charge in [-0.05, 0) is 55.3 Å². The molecule has 0 radical (unpaired) electrons. The summed E-state index contributed by atoms with van der Waals surface area (Å²) in [5, 5.41) is 3.77. The van der Waals surface area contributed by atoms with Crippen LogP contribution in [0, 0.1) is 11.8 Å². The van der Waals surface area contributed by atoms with Crippen LogP contribution in [0.15, 0.2) is 24.3 Å². The van der Waals surface area contributed by atoms with Gasteiger partial charge in [0.05, 0.1) is 7.11 Å². The summed E-state index contributed by atoms with van der Waals surface area (Å²) in [7, 11) is 1.75. The molecule has 2 nitrogen and oxygen atoms in total. The van der Waals surface area contributed by atoms with E-state index in [0.29, 0.717) is 6.04 Å². The van der Waals surface area contributed by atoms with E-state index in [9.17, 15) is 0 Å². The third-order valence-corrected chi connectivity index (χ3v) is 4.70. The van der Waals surface area contributed by atoms with Crippen molar-refractivity contribution in [3.63, 3.8) is 0 Å². The lowest BCUT2D eigenvalue weighted by Crippen LogP contribution is -2.28. The van der Waals surface area contributed by atoms with Crippen LogP contribution in [0.3, 0.4) is 0 Å². The van der Waals surface area contributed by atoms with E-state index < -0.39 is 0 Å². The molecule has 1 aliphatic rings. The van der Waals surface area contributed by atoms with E-state index in [-0.39, 0.29) is 0 Å². The first-order valence-electron chi connectivity index (χ1n) is 8.15. The molecule has 1 aliphatic carbocycles. The first-order valence-corrected chi connectivity index (χ1v) is 8.15. The van der Waals surface area contributed by atoms with Crippen molar-refractivity contribution in [3.05, 3.63) is 29.8 Å². The van der Waals surface area contributed by atoms with Crippen LogP contribution in [0.25, 0.3) is 0 Å². The second kappa shape index (κ2) is 7.68. The zero-order chi connectivity index (χ0) is 14.4. The number of ether oxygens (including phenoxy) is 1. The van der Waals surface area contributed by atoms with Crippen LogP contribution >= 0.6 is 0 Å². The summed E-state index contributed by atoms with van der Waals surface area (Å²) >= 11 is 0. The molecular weight excluding hydrogens is 246 g/mol. The zero-order valence-corrected chi connectivity index (χ0v) is 13.2. The maximum absolute atomic E-state index is 5.39. The smallest absolute Gasteiger partial charge is 0.119 e. The van der Waals surface area contributed by atoms with Crippen LogP contribution in [0.4, 0.5) is 0 Å². The lowest BCUT2D eigenvalue weighted by Gasteiger charge is -2.26. The Bertz CT molecular complexity index is 404. The van der Waals surface area contributed by atoms with Gasteiger partial charge in [0.1, 0.15) is 5.75 Å². The topological polar surface area (TPSA) is 21.3 Å². The van der Waals surface area contributed by atoms with Crippen molar-refractivity contribution >= 4 is 0 Å². The summed E-state index contributed by atoms with van der Waals surface area (Å²) in [6.07, 6.45) is 6.64. The minimum absolute atomic E-state index is 0.488. The molecule has 0 spiro atoms. The van der Waals surface area contributed by atoms with Crippen molar-refractivity contribution in [1.82, 2.24) is 5.32 Å². The monoisotopic (exact) mass is 275 g/mol. The van der Waals surface area contributed by atoms with Gasteiger partial charge >= 0.3 is 0 Å². The summed E-state index contributed by atoms with van der Waals surface area (Å²) in [5.41, 5.74) is 1.39. The Hall–Kier alpha value is -1.02. The number of nitrogens with one attached hydrogen (secondary N) is 1. The fourth-order valence-electron chi connectivity index (χ4n) is 3.48. The third kappa shape index (κ3) is 3.76. The first kappa shape index (κ1) is 15.4. The van der Waals surface area contributed by atoms with Crippen LogP contribution in [0.2, 0.25) is 0 Å². The highest BCUT2D eigenvalue weighted by molar-refractivity contribution is 5.31. The molecule has 0 bridgehead atoms. The van der Waals surface area contributed by atoms with Gasteiger partial charge in [-0.2, -0.15) is 0 Å². The Morgan fingerprint density at radius 3 is 2.80 bits per heavy atom. The molecule has 2 heteroatoms. The SMILES string of the molecule is CCCNC(c1cccc(OC)c1)C1CCC(CC)C1. The fraction of sp³-hybridized carbons (Fsp3) is 0.667. The number of hydrogen-bond donors (Lipinski definition) is 1. The molecular formula is C18H29NO. The molecule has 1 aromatic carbocycles. The highest BCUT2D eigenvalue weighted by Gasteiger charge is 2.30. The molecule has 1 N–H and O–H groups in total. The van der Waals surface area contributed by atoms with Gasteiger partial charge in [-0.15, -0.1) is 0 Å². The largest absolute Gasteiger partial charge is 0.497 e. The Morgan fingerprint density at radius 2 is 2.15 bits per heavy atom. The van der Waals surface area contributed by atoms with Crippen molar-refractivity contribution in [1.29, 1.82) is 0 Å². The molecule has 112 valence electrons. The maximum atomic E-state index is 5.39. The van der Waals surface area contributed by atoms with Crippen LogP contribution in [0.1, 0.15) is 57.6 Å². The van der Waals surface area contributed by atoms with E-state index in [1.165, 1.54) is 37.7 Å². The second-order valence-electron chi connectivity index (χ2n) is 6.06. The van der Waals surface area contributed by atoms with E-state index in [0.717, 1.165) is 24.1 Å². The van der Waals surface area contributed by atoms with E-state index >= 15 is 0 Å². The van der Waals surface area contributed by atoms with Gasteiger partial charge < -0.3 is 10.1 Å². The quantitative estimate of drug-likeness (QED) is 0.787. The van der Waals surface area contributed by atoms with Crippen molar-refractivity contribution in [2.75, 3.05) is 13.7 Å². The predicted octanol–water partition coefficient (Wildman–Crippen LogP) is 4.56. The molecule has 20 heavy (non-hydrogen) atoms. The molecule has 2 rings (SSSR count). The summed E-state index contributed by atoms with van der Waals surface area (Å²) in [6, 6.07) is 9.08. The molecule has 0 aromatic heterocycles. The van der Waals surface area contributed by atoms with Gasteiger partial charge in [0.15, 0.2) is 0 Å². The zero-order valence-electron chi connectivity index (χ0n) is 13.2. The summed E-state index contributed by atoms with van der Waals surface area (Å²) in [5.74, 6) is 2.67. The lowest BCUT2D eigenvalue weighted by molar-refractivity contribution is 0.351. The maximum Gasteiger partial charge on any atom is 0.119 e. The third-order valence-electron chi connectivity index (χ3n) is 4.70. The number of benzene rings is 1. The Kier molecular flexibility index (Phi) is 5.90. The number of rotatable bonds is 7. The Labute approximate surface area is 123 Å². The van der Waals surface area contributed by atoms with Gasteiger partial charge in [-0.1, -0.05) is 38.8 Å². The van der Waals surface area contributed by atoms with Gasteiger partial charge in [-0.25, -0.2) is 0 Å². The van der Waals surface area contributed by atoms with Crippen LogP contribution in [0.5, 0.6) is 5.75 Å². The highest BCUT2D eigenvalue weighted by Crippen LogP contribution is 2.40. The highest BCUT2D eigenvalue weighted by atomic mass is 16.5.